The van der Waals surface area contributed by atoms with Gasteiger partial charge in [0.15, 0.2) is 11.5 Å². The van der Waals surface area contributed by atoms with Crippen LogP contribution in [0.3, 0.4) is 0 Å². The van der Waals surface area contributed by atoms with Crippen molar-refractivity contribution in [2.24, 2.45) is 0 Å². The molecule has 0 unspecified atom stereocenters. The van der Waals surface area contributed by atoms with Gasteiger partial charge in [-0.2, -0.15) is 0 Å². The second kappa shape index (κ2) is 7.83. The van der Waals surface area contributed by atoms with E-state index in [-0.39, 0.29) is 12.2 Å². The van der Waals surface area contributed by atoms with E-state index in [1.807, 2.05) is 0 Å². The van der Waals surface area contributed by atoms with Crippen molar-refractivity contribution in [2.45, 2.75) is 6.61 Å². The van der Waals surface area contributed by atoms with Crippen LogP contribution in [-0.2, 0) is 16.1 Å². The third-order valence-corrected chi connectivity index (χ3v) is 4.44. The highest BCUT2D eigenvalue weighted by atomic mass is 32.1. The van der Waals surface area contributed by atoms with Gasteiger partial charge in [-0.05, 0) is 35.2 Å². The minimum atomic E-state index is -0.548. The number of hydrogen-bond donors (Lipinski definition) is 1. The molecule has 0 bridgehead atoms. The number of H-pyrrole nitrogens is 1. The van der Waals surface area contributed by atoms with Gasteiger partial charge < -0.3 is 19.2 Å². The number of rotatable bonds is 6. The lowest BCUT2D eigenvalue weighted by Crippen LogP contribution is -2.12. The van der Waals surface area contributed by atoms with Crippen LogP contribution in [0, 0.1) is 0 Å². The fourth-order valence-corrected chi connectivity index (χ4v) is 3.02. The first kappa shape index (κ1) is 17.7. The number of methoxy groups -OCH3 is 2. The number of thiophene rings is 1. The summed E-state index contributed by atoms with van der Waals surface area (Å²) < 4.78 is 16.0. The highest BCUT2D eigenvalue weighted by molar-refractivity contribution is 7.17. The van der Waals surface area contributed by atoms with Crippen LogP contribution in [0.15, 0.2) is 40.5 Å². The van der Waals surface area contributed by atoms with Crippen LogP contribution in [0.5, 0.6) is 11.5 Å². The number of ether oxygens (including phenoxy) is 3. The maximum Gasteiger partial charge on any atom is 0.331 e. The zero-order valence-electron chi connectivity index (χ0n) is 14.1. The quantitative estimate of drug-likeness (QED) is 0.529. The van der Waals surface area contributed by atoms with Gasteiger partial charge in [-0.15, -0.1) is 11.3 Å². The predicted octanol–water partition coefficient (Wildman–Crippen LogP) is 2.76. The molecule has 134 valence electrons. The molecule has 8 heteroatoms. The number of aromatic nitrogens is 2. The Bertz CT molecular complexity index is 1020. The van der Waals surface area contributed by atoms with Gasteiger partial charge in [0.1, 0.15) is 17.1 Å². The fourth-order valence-electron chi connectivity index (χ4n) is 2.30. The number of hydrogen-bond acceptors (Lipinski definition) is 7. The highest BCUT2D eigenvalue weighted by Crippen LogP contribution is 2.27. The van der Waals surface area contributed by atoms with Gasteiger partial charge in [-0.1, -0.05) is 6.07 Å². The van der Waals surface area contributed by atoms with Crippen LogP contribution in [0.25, 0.3) is 16.3 Å². The van der Waals surface area contributed by atoms with Gasteiger partial charge in [0, 0.05) is 6.08 Å². The minimum Gasteiger partial charge on any atom is -0.493 e. The SMILES string of the molecule is COc1ccc(/C=C/C(=O)OCc2nc3ccsc3c(=O)[nH]2)cc1OC. The van der Waals surface area contributed by atoms with Crippen molar-refractivity contribution in [3.8, 4) is 11.5 Å². The van der Waals surface area contributed by atoms with E-state index >= 15 is 0 Å². The Morgan fingerprint density at radius 2 is 2.04 bits per heavy atom. The van der Waals surface area contributed by atoms with Crippen LogP contribution >= 0.6 is 11.3 Å². The van der Waals surface area contributed by atoms with Crippen molar-refractivity contribution in [3.63, 3.8) is 0 Å². The summed E-state index contributed by atoms with van der Waals surface area (Å²) in [6.07, 6.45) is 2.89. The van der Waals surface area contributed by atoms with Gasteiger partial charge >= 0.3 is 5.97 Å². The third-order valence-electron chi connectivity index (χ3n) is 3.53. The van der Waals surface area contributed by atoms with E-state index in [0.29, 0.717) is 27.5 Å². The Balaban J connectivity index is 1.64. The maximum atomic E-state index is 11.9. The molecule has 26 heavy (non-hydrogen) atoms. The molecule has 0 aliphatic heterocycles. The average molecular weight is 372 g/mol. The van der Waals surface area contributed by atoms with Gasteiger partial charge in [0.05, 0.1) is 19.7 Å². The topological polar surface area (TPSA) is 90.5 Å². The lowest BCUT2D eigenvalue weighted by Gasteiger charge is -2.07. The molecular formula is C18H16N2O5S. The van der Waals surface area contributed by atoms with Gasteiger partial charge in [-0.25, -0.2) is 9.78 Å². The number of esters is 1. The molecule has 3 aromatic rings. The van der Waals surface area contributed by atoms with E-state index in [1.165, 1.54) is 24.5 Å². The molecule has 0 aliphatic rings. The van der Waals surface area contributed by atoms with Crippen LogP contribution in [0.4, 0.5) is 0 Å². The smallest absolute Gasteiger partial charge is 0.331 e. The molecule has 0 amide bonds. The van der Waals surface area contributed by atoms with Crippen molar-refractivity contribution in [1.82, 2.24) is 9.97 Å². The summed E-state index contributed by atoms with van der Waals surface area (Å²) in [6.45, 7) is -0.115. The lowest BCUT2D eigenvalue weighted by molar-refractivity contribution is -0.139. The molecule has 0 fully saturated rings. The standard InChI is InChI=1S/C18H16N2O5S/c1-23-13-5-3-11(9-14(13)24-2)4-6-16(21)25-10-15-19-12-7-8-26-17(12)18(22)20-15/h3-9H,10H2,1-2H3,(H,19,20,22)/b6-4+. The molecule has 0 saturated carbocycles. The fraction of sp³-hybridized carbons (Fsp3) is 0.167. The molecule has 0 saturated heterocycles. The summed E-state index contributed by atoms with van der Waals surface area (Å²) in [5.74, 6) is 0.918. The van der Waals surface area contributed by atoms with E-state index < -0.39 is 5.97 Å². The summed E-state index contributed by atoms with van der Waals surface area (Å²) in [5, 5.41) is 1.79. The van der Waals surface area contributed by atoms with Crippen molar-refractivity contribution >= 4 is 33.6 Å². The number of carbonyl (C=O) groups is 1. The second-order valence-electron chi connectivity index (χ2n) is 5.20. The molecule has 0 aliphatic carbocycles. The first-order valence-corrected chi connectivity index (χ1v) is 8.52. The summed E-state index contributed by atoms with van der Waals surface area (Å²) in [7, 11) is 3.09. The van der Waals surface area contributed by atoms with E-state index in [2.05, 4.69) is 9.97 Å². The van der Waals surface area contributed by atoms with Crippen molar-refractivity contribution < 1.29 is 19.0 Å². The minimum absolute atomic E-state index is 0.115. The normalized spacial score (nSPS) is 11.0. The van der Waals surface area contributed by atoms with Crippen LogP contribution < -0.4 is 15.0 Å². The summed E-state index contributed by atoms with van der Waals surface area (Å²) in [4.78, 5) is 30.6. The van der Waals surface area contributed by atoms with Gasteiger partial charge in [-0.3, -0.25) is 4.79 Å². The average Bonchev–Trinajstić information content (AvgIpc) is 3.13. The molecule has 7 nitrogen and oxygen atoms in total. The van der Waals surface area contributed by atoms with Crippen LogP contribution in [-0.4, -0.2) is 30.2 Å². The zero-order valence-corrected chi connectivity index (χ0v) is 15.0. The third kappa shape index (κ3) is 3.92. The highest BCUT2D eigenvalue weighted by Gasteiger charge is 2.07. The number of nitrogens with one attached hydrogen (secondary N) is 1. The molecule has 0 atom stereocenters. The summed E-state index contributed by atoms with van der Waals surface area (Å²) >= 11 is 1.31. The Kier molecular flexibility index (Phi) is 5.33. The largest absolute Gasteiger partial charge is 0.493 e. The van der Waals surface area contributed by atoms with E-state index in [4.69, 9.17) is 14.2 Å². The first-order chi connectivity index (χ1) is 12.6. The molecule has 1 N–H and O–H groups in total. The molecule has 1 aromatic carbocycles. The van der Waals surface area contributed by atoms with E-state index in [9.17, 15) is 9.59 Å². The molecule has 3 rings (SSSR count). The van der Waals surface area contributed by atoms with Crippen LogP contribution in [0.2, 0.25) is 0 Å². The van der Waals surface area contributed by atoms with Gasteiger partial charge in [0.2, 0.25) is 0 Å². The number of aromatic amines is 1. The van der Waals surface area contributed by atoms with Gasteiger partial charge in [0.25, 0.3) is 5.56 Å². The monoisotopic (exact) mass is 372 g/mol. The second-order valence-corrected chi connectivity index (χ2v) is 6.12. The predicted molar refractivity (Wildman–Crippen MR) is 98.6 cm³/mol. The first-order valence-electron chi connectivity index (χ1n) is 7.64. The zero-order chi connectivity index (χ0) is 18.5. The Labute approximate surface area is 152 Å². The number of carbonyl (C=O) groups excluding carboxylic acids is 1. The van der Waals surface area contributed by atoms with Crippen molar-refractivity contribution in [2.75, 3.05) is 14.2 Å². The van der Waals surface area contributed by atoms with Crippen molar-refractivity contribution in [3.05, 3.63) is 57.5 Å². The number of nitrogens with zero attached hydrogens (tertiary/aromatic N) is 1. The number of benzene rings is 1. The van der Waals surface area contributed by atoms with Crippen LogP contribution in [0.1, 0.15) is 11.4 Å². The summed E-state index contributed by atoms with van der Waals surface area (Å²) in [6, 6.07) is 7.02. The maximum absolute atomic E-state index is 11.9. The molecule has 0 spiro atoms. The Morgan fingerprint density at radius 3 is 2.81 bits per heavy atom. The molecular weight excluding hydrogens is 356 g/mol. The van der Waals surface area contributed by atoms with Crippen molar-refractivity contribution in [1.29, 1.82) is 0 Å². The Morgan fingerprint density at radius 1 is 1.23 bits per heavy atom. The number of fused-ring (bicyclic) bond motifs is 1. The molecule has 2 aromatic heterocycles. The molecule has 2 heterocycles. The molecule has 0 radical (unpaired) electrons. The summed E-state index contributed by atoms with van der Waals surface area (Å²) in [5.41, 5.74) is 1.11. The Hall–Kier alpha value is -3.13. The lowest BCUT2D eigenvalue weighted by atomic mass is 10.2. The van der Waals surface area contributed by atoms with E-state index in [0.717, 1.165) is 5.56 Å². The van der Waals surface area contributed by atoms with E-state index in [1.54, 1.807) is 42.8 Å².